The first-order valence-corrected chi connectivity index (χ1v) is 12.8. The summed E-state index contributed by atoms with van der Waals surface area (Å²) in [6.07, 6.45) is 2.85. The molecule has 2 rings (SSSR count). The Bertz CT molecular complexity index is 940. The third kappa shape index (κ3) is 8.50. The molecule has 0 aromatic carbocycles. The summed E-state index contributed by atoms with van der Waals surface area (Å²) in [7, 11) is 0. The molecule has 1 saturated carbocycles. The fourth-order valence-corrected chi connectivity index (χ4v) is 5.84. The lowest BCUT2D eigenvalue weighted by molar-refractivity contribution is -0.153. The number of carboxylic acid groups (broad SMARTS) is 1. The van der Waals surface area contributed by atoms with Gasteiger partial charge in [-0.15, -0.1) is 0 Å². The number of Topliss-reactive ketones (excluding diaryl/α,β-unsaturated/α-hetero) is 1. The van der Waals surface area contributed by atoms with Crippen LogP contribution in [-0.2, 0) is 28.7 Å². The highest BCUT2D eigenvalue weighted by atomic mass is 16.5. The number of esters is 2. The van der Waals surface area contributed by atoms with Crippen LogP contribution in [0.3, 0.4) is 0 Å². The van der Waals surface area contributed by atoms with E-state index in [1.165, 1.54) is 13.8 Å². The second-order valence-corrected chi connectivity index (χ2v) is 11.7. The lowest BCUT2D eigenvalue weighted by Gasteiger charge is -2.42. The molecule has 0 spiro atoms. The molecule has 0 amide bonds. The lowest BCUT2D eigenvalue weighted by Crippen LogP contribution is -2.43. The van der Waals surface area contributed by atoms with E-state index in [1.54, 1.807) is 19.9 Å². The quantitative estimate of drug-likeness (QED) is 0.247. The first-order valence-electron chi connectivity index (χ1n) is 12.8. The summed E-state index contributed by atoms with van der Waals surface area (Å²) in [4.78, 5) is 48.2. The van der Waals surface area contributed by atoms with Gasteiger partial charge in [-0.2, -0.15) is 0 Å². The summed E-state index contributed by atoms with van der Waals surface area (Å²) in [5.74, 6) is -2.74. The summed E-state index contributed by atoms with van der Waals surface area (Å²) >= 11 is 0. The monoisotopic (exact) mass is 522 g/mol. The second kappa shape index (κ2) is 11.9. The van der Waals surface area contributed by atoms with Crippen LogP contribution in [0.4, 0.5) is 0 Å². The number of aliphatic hydroxyl groups is 2. The van der Waals surface area contributed by atoms with E-state index >= 15 is 0 Å². The van der Waals surface area contributed by atoms with Crippen LogP contribution in [0.25, 0.3) is 0 Å². The molecule has 1 fully saturated rings. The normalized spacial score (nSPS) is 30.2. The molecule has 0 radical (unpaired) electrons. The Kier molecular flexibility index (Phi) is 9.87. The van der Waals surface area contributed by atoms with Crippen molar-refractivity contribution < 1.29 is 44.0 Å². The van der Waals surface area contributed by atoms with Crippen molar-refractivity contribution in [1.82, 2.24) is 0 Å². The van der Waals surface area contributed by atoms with Gasteiger partial charge >= 0.3 is 17.9 Å². The third-order valence-electron chi connectivity index (χ3n) is 7.86. The molecule has 0 bridgehead atoms. The summed E-state index contributed by atoms with van der Waals surface area (Å²) in [5.41, 5.74) is -2.20. The van der Waals surface area contributed by atoms with Crippen molar-refractivity contribution in [3.8, 4) is 0 Å². The van der Waals surface area contributed by atoms with Gasteiger partial charge in [0.2, 0.25) is 0 Å². The van der Waals surface area contributed by atoms with E-state index in [9.17, 15) is 29.4 Å². The van der Waals surface area contributed by atoms with Gasteiger partial charge < -0.3 is 24.8 Å². The van der Waals surface area contributed by atoms with Crippen LogP contribution in [-0.4, -0.2) is 62.9 Å². The average Bonchev–Trinajstić information content (AvgIpc) is 3.08. The Labute approximate surface area is 218 Å². The smallest absolute Gasteiger partial charge is 0.309 e. The van der Waals surface area contributed by atoms with Gasteiger partial charge in [-0.1, -0.05) is 13.5 Å². The molecule has 5 atom stereocenters. The number of carbonyl (C=O) groups is 4. The fraction of sp³-hybridized carbons (Fsp3) is 0.714. The first-order chi connectivity index (χ1) is 16.9. The summed E-state index contributed by atoms with van der Waals surface area (Å²) in [5, 5.41) is 30.0. The number of ketones is 1. The van der Waals surface area contributed by atoms with Gasteiger partial charge in [0.15, 0.2) is 5.78 Å². The predicted octanol–water partition coefficient (Wildman–Crippen LogP) is 3.51. The molecular weight excluding hydrogens is 480 g/mol. The number of aliphatic carboxylic acids is 1. The van der Waals surface area contributed by atoms with Crippen LogP contribution in [0.5, 0.6) is 0 Å². The molecule has 0 heterocycles. The van der Waals surface area contributed by atoms with Gasteiger partial charge in [0.05, 0.1) is 24.0 Å². The fourth-order valence-electron chi connectivity index (χ4n) is 5.84. The highest BCUT2D eigenvalue weighted by Gasteiger charge is 2.54. The molecule has 208 valence electrons. The van der Waals surface area contributed by atoms with E-state index in [-0.39, 0.29) is 37.1 Å². The molecule has 0 aromatic rings. The van der Waals surface area contributed by atoms with Crippen LogP contribution in [0, 0.1) is 17.3 Å². The minimum absolute atomic E-state index is 0.0642. The van der Waals surface area contributed by atoms with Gasteiger partial charge in [-0.05, 0) is 81.9 Å². The number of hydrogen-bond donors (Lipinski definition) is 3. The van der Waals surface area contributed by atoms with Crippen molar-refractivity contribution in [1.29, 1.82) is 0 Å². The number of ether oxygens (including phenoxy) is 2. The summed E-state index contributed by atoms with van der Waals surface area (Å²) < 4.78 is 11.2. The number of allylic oxidation sites excluding steroid dienone is 1. The second-order valence-electron chi connectivity index (χ2n) is 11.7. The Morgan fingerprint density at radius 1 is 1.11 bits per heavy atom. The number of rotatable bonds is 8. The summed E-state index contributed by atoms with van der Waals surface area (Å²) in [6.45, 7) is 11.9. The number of carboxylic acids is 1. The Morgan fingerprint density at radius 3 is 2.32 bits per heavy atom. The topological polar surface area (TPSA) is 147 Å². The molecule has 2 aliphatic rings. The maximum absolute atomic E-state index is 12.8. The zero-order chi connectivity index (χ0) is 28.2. The molecule has 9 nitrogen and oxygen atoms in total. The molecule has 2 unspecified atom stereocenters. The number of hydrogen-bond acceptors (Lipinski definition) is 8. The molecular formula is C28H42O9. The van der Waals surface area contributed by atoms with E-state index in [4.69, 9.17) is 14.6 Å². The molecule has 9 heteroatoms. The van der Waals surface area contributed by atoms with Gasteiger partial charge in [-0.3, -0.25) is 19.2 Å². The average molecular weight is 523 g/mol. The molecule has 2 aliphatic carbocycles. The van der Waals surface area contributed by atoms with Crippen molar-refractivity contribution >= 4 is 23.7 Å². The highest BCUT2D eigenvalue weighted by molar-refractivity contribution is 5.94. The SMILES string of the molecule is C=C1CC[C@H]2[C@H](C(C)(C)O)CC[C@]2(C)C(OC(C)=O)/C=C(/COC(=O)CC(C)(O)CC(=O)O)CCC1=O. The lowest BCUT2D eigenvalue weighted by atomic mass is 9.67. The zero-order valence-electron chi connectivity index (χ0n) is 22.7. The maximum atomic E-state index is 12.8. The minimum Gasteiger partial charge on any atom is -0.481 e. The Morgan fingerprint density at radius 2 is 1.76 bits per heavy atom. The molecule has 0 aliphatic heterocycles. The van der Waals surface area contributed by atoms with E-state index < -0.39 is 53.5 Å². The van der Waals surface area contributed by atoms with E-state index in [0.29, 0.717) is 30.4 Å². The van der Waals surface area contributed by atoms with Crippen molar-refractivity contribution in [2.24, 2.45) is 17.3 Å². The third-order valence-corrected chi connectivity index (χ3v) is 7.86. The van der Waals surface area contributed by atoms with Crippen LogP contribution < -0.4 is 0 Å². The van der Waals surface area contributed by atoms with Crippen molar-refractivity contribution in [3.05, 3.63) is 23.8 Å². The maximum Gasteiger partial charge on any atom is 0.309 e. The Hall–Kier alpha value is -2.52. The molecule has 3 N–H and O–H groups in total. The van der Waals surface area contributed by atoms with Crippen molar-refractivity contribution in [3.63, 3.8) is 0 Å². The van der Waals surface area contributed by atoms with Crippen LogP contribution in [0.2, 0.25) is 0 Å². The van der Waals surface area contributed by atoms with Gasteiger partial charge in [0, 0.05) is 18.8 Å². The molecule has 0 saturated heterocycles. The highest BCUT2D eigenvalue weighted by Crippen LogP contribution is 2.56. The largest absolute Gasteiger partial charge is 0.481 e. The van der Waals surface area contributed by atoms with Crippen LogP contribution in [0.15, 0.2) is 23.8 Å². The minimum atomic E-state index is -1.77. The van der Waals surface area contributed by atoms with Gasteiger partial charge in [0.25, 0.3) is 0 Å². The van der Waals surface area contributed by atoms with E-state index in [0.717, 1.165) is 6.42 Å². The molecule has 0 aromatic heterocycles. The van der Waals surface area contributed by atoms with Crippen molar-refractivity contribution in [2.45, 2.75) is 103 Å². The van der Waals surface area contributed by atoms with Gasteiger partial charge in [0.1, 0.15) is 12.7 Å². The number of fused-ring (bicyclic) bond motifs is 1. The van der Waals surface area contributed by atoms with Gasteiger partial charge in [-0.25, -0.2) is 0 Å². The summed E-state index contributed by atoms with van der Waals surface area (Å²) in [6, 6.07) is 0. The van der Waals surface area contributed by atoms with E-state index in [2.05, 4.69) is 6.58 Å². The standard InChI is InChI=1S/C28H42O9/c1-17-7-9-21-20(26(3,4)34)11-12-28(21,6)23(37-18(2)29)13-19(8-10-22(17)30)16-36-25(33)15-27(5,35)14-24(31)32/h13,20-21,23,34-35H,1,7-12,14-16H2,2-6H3,(H,31,32)/b19-13+/t20-,21+,23?,27?,28+/m1/s1. The van der Waals surface area contributed by atoms with Crippen LogP contribution >= 0.6 is 0 Å². The molecule has 37 heavy (non-hydrogen) atoms. The van der Waals surface area contributed by atoms with Crippen LogP contribution in [0.1, 0.15) is 86.0 Å². The predicted molar refractivity (Wildman–Crippen MR) is 135 cm³/mol. The van der Waals surface area contributed by atoms with Crippen molar-refractivity contribution in [2.75, 3.05) is 6.61 Å². The van der Waals surface area contributed by atoms with E-state index in [1.807, 2.05) is 6.92 Å². The number of carbonyl (C=O) groups excluding carboxylic acids is 3. The Balaban J connectivity index is 2.40. The zero-order valence-corrected chi connectivity index (χ0v) is 22.7. The first kappa shape index (κ1) is 30.7.